The molecule has 4 nitrogen and oxygen atoms in total. The fourth-order valence-corrected chi connectivity index (χ4v) is 3.31. The number of rotatable bonds is 2. The van der Waals surface area contributed by atoms with Crippen LogP contribution in [0.4, 0.5) is 10.1 Å². The third-order valence-electron chi connectivity index (χ3n) is 2.97. The van der Waals surface area contributed by atoms with Gasteiger partial charge in [0.15, 0.2) is 0 Å². The van der Waals surface area contributed by atoms with Gasteiger partial charge in [-0.15, -0.1) is 0 Å². The van der Waals surface area contributed by atoms with Gasteiger partial charge in [-0.05, 0) is 31.5 Å². The molecule has 0 unspecified atom stereocenters. The maximum Gasteiger partial charge on any atom is 0.246 e. The Morgan fingerprint density at radius 3 is 2.72 bits per heavy atom. The van der Waals surface area contributed by atoms with Gasteiger partial charge in [-0.1, -0.05) is 11.6 Å². The zero-order valence-electron chi connectivity index (χ0n) is 10.1. The number of hydrogen-bond donors (Lipinski definition) is 1. The zero-order valence-corrected chi connectivity index (χ0v) is 10.9. The highest BCUT2D eigenvalue weighted by molar-refractivity contribution is 7.89. The first-order valence-corrected chi connectivity index (χ1v) is 7.06. The van der Waals surface area contributed by atoms with Crippen LogP contribution < -0.4 is 5.73 Å². The summed E-state index contributed by atoms with van der Waals surface area (Å²) in [5.41, 5.74) is 6.90. The molecule has 1 heterocycles. The summed E-state index contributed by atoms with van der Waals surface area (Å²) in [6, 6.07) is 3.58. The molecule has 0 aliphatic carbocycles. The van der Waals surface area contributed by atoms with E-state index in [0.717, 1.165) is 17.7 Å². The minimum Gasteiger partial charge on any atom is -0.399 e. The molecule has 98 valence electrons. The molecular weight excluding hydrogens is 255 g/mol. The summed E-state index contributed by atoms with van der Waals surface area (Å²) in [5, 5.41) is 0. The first kappa shape index (κ1) is 13.0. The molecule has 2 N–H and O–H groups in total. The van der Waals surface area contributed by atoms with Gasteiger partial charge in [0, 0.05) is 18.8 Å². The molecule has 0 radical (unpaired) electrons. The number of sulfonamides is 1. The number of anilines is 1. The van der Waals surface area contributed by atoms with E-state index >= 15 is 0 Å². The number of hydrogen-bond acceptors (Lipinski definition) is 3. The SMILES string of the molecule is CC1=CCN(S(=O)(=O)c2cc(N)ccc2F)CC1. The molecule has 0 amide bonds. The molecule has 18 heavy (non-hydrogen) atoms. The average Bonchev–Trinajstić information content (AvgIpc) is 2.32. The molecule has 0 fully saturated rings. The summed E-state index contributed by atoms with van der Waals surface area (Å²) in [7, 11) is -3.80. The average molecular weight is 270 g/mol. The third-order valence-corrected chi connectivity index (χ3v) is 4.85. The lowest BCUT2D eigenvalue weighted by atomic mass is 10.1. The molecule has 0 spiro atoms. The maximum atomic E-state index is 13.6. The molecule has 0 saturated heterocycles. The van der Waals surface area contributed by atoms with Gasteiger partial charge in [-0.25, -0.2) is 12.8 Å². The van der Waals surface area contributed by atoms with Crippen molar-refractivity contribution in [2.45, 2.75) is 18.2 Å². The van der Waals surface area contributed by atoms with Gasteiger partial charge in [-0.3, -0.25) is 0 Å². The summed E-state index contributed by atoms with van der Waals surface area (Å²) in [6.07, 6.45) is 2.51. The summed E-state index contributed by atoms with van der Waals surface area (Å²) < 4.78 is 39.4. The van der Waals surface area contributed by atoms with Crippen molar-refractivity contribution >= 4 is 15.7 Å². The van der Waals surface area contributed by atoms with Crippen LogP contribution in [0.15, 0.2) is 34.7 Å². The second-order valence-corrected chi connectivity index (χ2v) is 6.26. The van der Waals surface area contributed by atoms with Crippen molar-refractivity contribution in [2.75, 3.05) is 18.8 Å². The Kier molecular flexibility index (Phi) is 3.41. The normalized spacial score (nSPS) is 17.6. The first-order chi connectivity index (χ1) is 8.41. The number of halogens is 1. The molecule has 0 aromatic heterocycles. The van der Waals surface area contributed by atoms with Crippen molar-refractivity contribution in [3.8, 4) is 0 Å². The van der Waals surface area contributed by atoms with Crippen LogP contribution in [0.25, 0.3) is 0 Å². The van der Waals surface area contributed by atoms with E-state index in [1.54, 1.807) is 0 Å². The van der Waals surface area contributed by atoms with Crippen molar-refractivity contribution < 1.29 is 12.8 Å². The Balaban J connectivity index is 2.40. The van der Waals surface area contributed by atoms with Crippen molar-refractivity contribution in [3.63, 3.8) is 0 Å². The second-order valence-electron chi connectivity index (χ2n) is 4.35. The summed E-state index contributed by atoms with van der Waals surface area (Å²) >= 11 is 0. The highest BCUT2D eigenvalue weighted by atomic mass is 32.2. The van der Waals surface area contributed by atoms with Gasteiger partial charge in [-0.2, -0.15) is 4.31 Å². The molecule has 1 aliphatic rings. The first-order valence-electron chi connectivity index (χ1n) is 5.62. The van der Waals surface area contributed by atoms with E-state index in [4.69, 9.17) is 5.73 Å². The Labute approximate surface area is 106 Å². The summed E-state index contributed by atoms with van der Waals surface area (Å²) in [4.78, 5) is -0.351. The second kappa shape index (κ2) is 4.70. The van der Waals surface area contributed by atoms with Crippen molar-refractivity contribution in [3.05, 3.63) is 35.7 Å². The van der Waals surface area contributed by atoms with E-state index in [0.29, 0.717) is 13.0 Å². The predicted molar refractivity (Wildman–Crippen MR) is 67.9 cm³/mol. The fraction of sp³-hybridized carbons (Fsp3) is 0.333. The van der Waals surface area contributed by atoms with E-state index in [2.05, 4.69) is 0 Å². The Morgan fingerprint density at radius 2 is 2.11 bits per heavy atom. The summed E-state index contributed by atoms with van der Waals surface area (Å²) in [5.74, 6) is -0.768. The van der Waals surface area contributed by atoms with E-state index < -0.39 is 15.8 Å². The van der Waals surface area contributed by atoms with Crippen LogP contribution >= 0.6 is 0 Å². The predicted octanol–water partition coefficient (Wildman–Crippen LogP) is 1.75. The monoisotopic (exact) mass is 270 g/mol. The Hall–Kier alpha value is -1.40. The number of nitrogen functional groups attached to an aromatic ring is 1. The molecule has 0 atom stereocenters. The molecule has 1 aromatic rings. The van der Waals surface area contributed by atoms with E-state index in [1.807, 2.05) is 13.0 Å². The van der Waals surface area contributed by atoms with Crippen LogP contribution in [-0.4, -0.2) is 25.8 Å². The topological polar surface area (TPSA) is 63.4 Å². The standard InChI is InChI=1S/C12H15FN2O2S/c1-9-4-6-15(7-5-9)18(16,17)12-8-10(14)2-3-11(12)13/h2-4,8H,5-7,14H2,1H3. The Bertz CT molecular complexity index is 596. The van der Waals surface area contributed by atoms with Crippen molar-refractivity contribution in [2.24, 2.45) is 0 Å². The van der Waals surface area contributed by atoms with Crippen LogP contribution in [-0.2, 0) is 10.0 Å². The quantitative estimate of drug-likeness (QED) is 0.658. The van der Waals surface area contributed by atoms with Gasteiger partial charge in [0.2, 0.25) is 10.0 Å². The van der Waals surface area contributed by atoms with E-state index in [9.17, 15) is 12.8 Å². The Morgan fingerprint density at radius 1 is 1.39 bits per heavy atom. The molecule has 1 aromatic carbocycles. The van der Waals surface area contributed by atoms with Crippen LogP contribution in [0.1, 0.15) is 13.3 Å². The van der Waals surface area contributed by atoms with Gasteiger partial charge in [0.25, 0.3) is 0 Å². The van der Waals surface area contributed by atoms with Crippen molar-refractivity contribution in [1.29, 1.82) is 0 Å². The largest absolute Gasteiger partial charge is 0.399 e. The fourth-order valence-electron chi connectivity index (χ4n) is 1.83. The molecule has 1 aliphatic heterocycles. The van der Waals surface area contributed by atoms with Crippen molar-refractivity contribution in [1.82, 2.24) is 4.31 Å². The number of nitrogens with zero attached hydrogens (tertiary/aromatic N) is 1. The molecule has 2 rings (SSSR count). The molecule has 0 bridgehead atoms. The maximum absolute atomic E-state index is 13.6. The lowest BCUT2D eigenvalue weighted by Crippen LogP contribution is -2.35. The number of benzene rings is 1. The van der Waals surface area contributed by atoms with Gasteiger partial charge < -0.3 is 5.73 Å². The van der Waals surface area contributed by atoms with E-state index in [-0.39, 0.29) is 17.1 Å². The van der Waals surface area contributed by atoms with Gasteiger partial charge in [0.1, 0.15) is 10.7 Å². The zero-order chi connectivity index (χ0) is 13.3. The van der Waals surface area contributed by atoms with Gasteiger partial charge in [0.05, 0.1) is 0 Å². The van der Waals surface area contributed by atoms with Gasteiger partial charge >= 0.3 is 0 Å². The molecular formula is C12H15FN2O2S. The molecule has 6 heteroatoms. The minimum atomic E-state index is -3.80. The highest BCUT2D eigenvalue weighted by Gasteiger charge is 2.28. The summed E-state index contributed by atoms with van der Waals surface area (Å²) in [6.45, 7) is 2.60. The highest BCUT2D eigenvalue weighted by Crippen LogP contribution is 2.24. The minimum absolute atomic E-state index is 0.235. The van der Waals surface area contributed by atoms with Crippen LogP contribution in [0.2, 0.25) is 0 Å². The van der Waals surface area contributed by atoms with Crippen LogP contribution in [0, 0.1) is 5.82 Å². The smallest absolute Gasteiger partial charge is 0.246 e. The molecule has 0 saturated carbocycles. The lowest BCUT2D eigenvalue weighted by Gasteiger charge is -2.25. The lowest BCUT2D eigenvalue weighted by molar-refractivity contribution is 0.427. The number of nitrogens with two attached hydrogens (primary N) is 1. The van der Waals surface area contributed by atoms with E-state index in [1.165, 1.54) is 10.4 Å². The third kappa shape index (κ3) is 2.39. The van der Waals surface area contributed by atoms with Crippen LogP contribution in [0.3, 0.4) is 0 Å². The van der Waals surface area contributed by atoms with Crippen LogP contribution in [0.5, 0.6) is 0 Å².